The van der Waals surface area contributed by atoms with Gasteiger partial charge in [0, 0.05) is 36.3 Å². The number of para-hydroxylation sites is 1. The lowest BCUT2D eigenvalue weighted by molar-refractivity contribution is -0.275. The van der Waals surface area contributed by atoms with E-state index in [-0.39, 0.29) is 33.3 Å². The van der Waals surface area contributed by atoms with Crippen LogP contribution in [-0.2, 0) is 25.2 Å². The van der Waals surface area contributed by atoms with Gasteiger partial charge in [0.25, 0.3) is 15.9 Å². The second-order valence-corrected chi connectivity index (χ2v) is 12.7. The number of amides is 2. The third-order valence-corrected chi connectivity index (χ3v) is 8.90. The molecule has 0 bridgehead atoms. The quantitative estimate of drug-likeness (QED) is 0.353. The number of hydrogen-bond donors (Lipinski definition) is 1. The number of alkyl halides is 3. The van der Waals surface area contributed by atoms with Crippen LogP contribution in [0.15, 0.2) is 65.6 Å². The smallest absolute Gasteiger partial charge is 0.497 e. The predicted octanol–water partition coefficient (Wildman–Crippen LogP) is 4.69. The summed E-state index contributed by atoms with van der Waals surface area (Å²) in [4.78, 5) is 28.5. The van der Waals surface area contributed by atoms with Crippen LogP contribution >= 0.6 is 11.6 Å². The molecule has 15 heteroatoms. The normalized spacial score (nSPS) is 16.9. The van der Waals surface area contributed by atoms with Crippen LogP contribution in [0.4, 0.5) is 18.9 Å². The molecule has 44 heavy (non-hydrogen) atoms. The highest BCUT2D eigenvalue weighted by Crippen LogP contribution is 2.51. The number of halogens is 4. The number of ether oxygens (including phenoxy) is 3. The molecule has 0 saturated heterocycles. The Morgan fingerprint density at radius 3 is 2.20 bits per heavy atom. The molecule has 1 unspecified atom stereocenters. The number of carbonyl (C=O) groups excluding carboxylic acids is 2. The molecule has 3 aromatic carbocycles. The highest BCUT2D eigenvalue weighted by molar-refractivity contribution is 7.93. The molecular weight excluding hydrogens is 627 g/mol. The summed E-state index contributed by atoms with van der Waals surface area (Å²) < 4.78 is 83.9. The summed E-state index contributed by atoms with van der Waals surface area (Å²) in [6.45, 7) is 3.00. The molecule has 1 N–H and O–H groups in total. The van der Waals surface area contributed by atoms with Crippen molar-refractivity contribution in [3.8, 4) is 17.2 Å². The number of likely N-dealkylation sites (N-methyl/N-ethyl adjacent to an activating group) is 1. The Labute approximate surface area is 257 Å². The summed E-state index contributed by atoms with van der Waals surface area (Å²) >= 11 is 6.38. The Balaban J connectivity index is 2.08. The fourth-order valence-electron chi connectivity index (χ4n) is 5.22. The maximum atomic E-state index is 14.8. The molecule has 3 aromatic rings. The highest BCUT2D eigenvalue weighted by atomic mass is 35.5. The molecule has 4 rings (SSSR count). The zero-order chi connectivity index (χ0) is 32.8. The molecule has 0 aromatic heterocycles. The number of nitrogens with zero attached hydrogens (tertiary/aromatic N) is 2. The second-order valence-electron chi connectivity index (χ2n) is 10.5. The Bertz CT molecular complexity index is 1730. The highest BCUT2D eigenvalue weighted by Gasteiger charge is 2.60. The van der Waals surface area contributed by atoms with E-state index in [0.717, 1.165) is 18.2 Å². The maximum Gasteiger partial charge on any atom is 0.573 e. The van der Waals surface area contributed by atoms with Crippen LogP contribution in [0.5, 0.6) is 17.2 Å². The Hall–Kier alpha value is -4.01. The number of methoxy groups -OCH3 is 2. The summed E-state index contributed by atoms with van der Waals surface area (Å²) in [5.74, 6) is -2.73. The number of hydrogen-bond acceptors (Lipinski definition) is 8. The topological polar surface area (TPSA) is 114 Å². The summed E-state index contributed by atoms with van der Waals surface area (Å²) in [7, 11) is 0.378. The van der Waals surface area contributed by atoms with Crippen molar-refractivity contribution < 1.29 is 45.4 Å². The van der Waals surface area contributed by atoms with Crippen LogP contribution in [0.2, 0.25) is 5.02 Å². The van der Waals surface area contributed by atoms with E-state index in [1.807, 2.05) is 0 Å². The average molecular weight is 656 g/mol. The molecule has 10 nitrogen and oxygen atoms in total. The van der Waals surface area contributed by atoms with E-state index in [0.29, 0.717) is 4.31 Å². The van der Waals surface area contributed by atoms with Crippen molar-refractivity contribution in [1.29, 1.82) is 0 Å². The van der Waals surface area contributed by atoms with Gasteiger partial charge in [-0.3, -0.25) is 14.9 Å². The first kappa shape index (κ1) is 32.9. The van der Waals surface area contributed by atoms with Crippen LogP contribution in [0, 0.1) is 0 Å². The molecule has 1 aliphatic heterocycles. The van der Waals surface area contributed by atoms with E-state index in [1.165, 1.54) is 77.4 Å². The number of carbonyl (C=O) groups is 2. The number of rotatable bonds is 9. The van der Waals surface area contributed by atoms with Gasteiger partial charge in [-0.1, -0.05) is 29.8 Å². The number of fused-ring (bicyclic) bond motifs is 1. The second kappa shape index (κ2) is 11.5. The molecule has 1 atom stereocenters. The first-order chi connectivity index (χ1) is 20.4. The van der Waals surface area contributed by atoms with Gasteiger partial charge >= 0.3 is 6.36 Å². The minimum atomic E-state index is -5.28. The van der Waals surface area contributed by atoms with Gasteiger partial charge in [0.05, 0.1) is 25.4 Å². The Morgan fingerprint density at radius 2 is 1.61 bits per heavy atom. The Kier molecular flexibility index (Phi) is 8.59. The third-order valence-electron chi connectivity index (χ3n) is 6.93. The van der Waals surface area contributed by atoms with E-state index >= 15 is 0 Å². The van der Waals surface area contributed by atoms with Gasteiger partial charge in [-0.15, -0.1) is 13.2 Å². The first-order valence-electron chi connectivity index (χ1n) is 12.9. The fourth-order valence-corrected chi connectivity index (χ4v) is 6.95. The van der Waals surface area contributed by atoms with Crippen molar-refractivity contribution in [1.82, 2.24) is 10.2 Å². The Morgan fingerprint density at radius 1 is 0.955 bits per heavy atom. The van der Waals surface area contributed by atoms with Gasteiger partial charge in [-0.25, -0.2) is 12.7 Å². The maximum absolute atomic E-state index is 14.8. The molecule has 2 amide bonds. The predicted molar refractivity (Wildman–Crippen MR) is 155 cm³/mol. The third kappa shape index (κ3) is 5.64. The van der Waals surface area contributed by atoms with Crippen molar-refractivity contribution in [2.45, 2.75) is 36.2 Å². The van der Waals surface area contributed by atoms with Gasteiger partial charge in [0.15, 0.2) is 11.3 Å². The van der Waals surface area contributed by atoms with E-state index in [2.05, 4.69) is 10.1 Å². The molecule has 0 saturated carbocycles. The summed E-state index contributed by atoms with van der Waals surface area (Å²) in [6.07, 6.45) is -5.28. The van der Waals surface area contributed by atoms with Crippen molar-refractivity contribution >= 4 is 39.1 Å². The van der Waals surface area contributed by atoms with Gasteiger partial charge in [0.2, 0.25) is 5.91 Å². The molecule has 0 fully saturated rings. The molecule has 1 heterocycles. The van der Waals surface area contributed by atoms with Crippen LogP contribution in [-0.4, -0.2) is 65.3 Å². The molecule has 1 aliphatic rings. The lowest BCUT2D eigenvalue weighted by Gasteiger charge is -2.39. The zero-order valence-corrected chi connectivity index (χ0v) is 26.0. The minimum absolute atomic E-state index is 0.00880. The number of anilines is 1. The van der Waals surface area contributed by atoms with Crippen LogP contribution < -0.4 is 23.8 Å². The van der Waals surface area contributed by atoms with Crippen molar-refractivity contribution in [2.75, 3.05) is 32.6 Å². The molecule has 0 aliphatic carbocycles. The lowest BCUT2D eigenvalue weighted by Crippen LogP contribution is -2.63. The standard InChI is InChI=1S/C29H29ClF3N3O7S/c1-27(2,25(37)35(3)4)34-28(19-9-7-8-10-22(19)42-6)20-15-17(30)11-13-21(20)36(26(28)38)44(39,40)24-14-12-18(41-5)16-23(24)43-29(31,32)33/h7-16,34H,1-6H3. The van der Waals surface area contributed by atoms with Crippen LogP contribution in [0.1, 0.15) is 25.0 Å². The summed E-state index contributed by atoms with van der Waals surface area (Å²) in [5, 5.41) is 3.19. The monoisotopic (exact) mass is 655 g/mol. The molecule has 0 radical (unpaired) electrons. The number of sulfonamides is 1. The van der Waals surface area contributed by atoms with Crippen molar-refractivity contribution in [2.24, 2.45) is 0 Å². The van der Waals surface area contributed by atoms with E-state index < -0.39 is 49.9 Å². The van der Waals surface area contributed by atoms with Gasteiger partial charge in [-0.05, 0) is 50.2 Å². The summed E-state index contributed by atoms with van der Waals surface area (Å²) in [5.41, 5.74) is -3.76. The lowest BCUT2D eigenvalue weighted by atomic mass is 9.80. The average Bonchev–Trinajstić information content (AvgIpc) is 3.18. The number of nitrogens with one attached hydrogen (secondary N) is 1. The molecular formula is C29H29ClF3N3O7S. The fraction of sp³-hybridized carbons (Fsp3) is 0.310. The van der Waals surface area contributed by atoms with Crippen molar-refractivity contribution in [3.05, 3.63) is 76.8 Å². The van der Waals surface area contributed by atoms with Crippen LogP contribution in [0.3, 0.4) is 0 Å². The van der Waals surface area contributed by atoms with Crippen LogP contribution in [0.25, 0.3) is 0 Å². The molecule has 0 spiro atoms. The van der Waals surface area contributed by atoms with E-state index in [1.54, 1.807) is 12.1 Å². The summed E-state index contributed by atoms with van der Waals surface area (Å²) in [6, 6.07) is 12.9. The van der Waals surface area contributed by atoms with Crippen molar-refractivity contribution in [3.63, 3.8) is 0 Å². The number of benzene rings is 3. The largest absolute Gasteiger partial charge is 0.573 e. The van der Waals surface area contributed by atoms with Gasteiger partial charge in [0.1, 0.15) is 16.4 Å². The van der Waals surface area contributed by atoms with Gasteiger partial charge < -0.3 is 19.1 Å². The SMILES string of the molecule is COc1ccc(S(=O)(=O)N2C(=O)C(NC(C)(C)C(=O)N(C)C)(c3ccccc3OC)c3cc(Cl)ccc32)c(OC(F)(F)F)c1. The molecule has 236 valence electrons. The van der Waals surface area contributed by atoms with E-state index in [9.17, 15) is 31.2 Å². The first-order valence-corrected chi connectivity index (χ1v) is 14.7. The van der Waals surface area contributed by atoms with Gasteiger partial charge in [-0.2, -0.15) is 0 Å². The minimum Gasteiger partial charge on any atom is -0.497 e. The zero-order valence-electron chi connectivity index (χ0n) is 24.4. The van der Waals surface area contributed by atoms with E-state index in [4.69, 9.17) is 21.1 Å².